The van der Waals surface area contributed by atoms with E-state index in [1.807, 2.05) is 23.7 Å². The highest BCUT2D eigenvalue weighted by Crippen LogP contribution is 2.26. The second-order valence-electron chi connectivity index (χ2n) is 4.16. The molecule has 16 heavy (non-hydrogen) atoms. The Kier molecular flexibility index (Phi) is 2.64. The fourth-order valence-electron chi connectivity index (χ4n) is 1.79. The fraction of sp³-hybridized carbons (Fsp3) is 0.333. The van der Waals surface area contributed by atoms with E-state index in [1.165, 1.54) is 0 Å². The third-order valence-electron chi connectivity index (χ3n) is 2.58. The van der Waals surface area contributed by atoms with Crippen LogP contribution in [0.3, 0.4) is 0 Å². The third-order valence-corrected chi connectivity index (χ3v) is 2.58. The average Bonchev–Trinajstić information content (AvgIpc) is 2.57. The third kappa shape index (κ3) is 1.66. The van der Waals surface area contributed by atoms with Gasteiger partial charge in [-0.3, -0.25) is 4.98 Å². The lowest BCUT2D eigenvalue weighted by molar-refractivity contribution is 0.730. The van der Waals surface area contributed by atoms with Crippen molar-refractivity contribution in [2.45, 2.75) is 26.7 Å². The first-order valence-corrected chi connectivity index (χ1v) is 5.36. The highest BCUT2D eigenvalue weighted by molar-refractivity contribution is 5.52. The Bertz CT molecular complexity index is 485. The largest absolute Gasteiger partial charge is 0.396 e. The van der Waals surface area contributed by atoms with Gasteiger partial charge in [0.15, 0.2) is 0 Å². The van der Waals surface area contributed by atoms with Gasteiger partial charge in [0.25, 0.3) is 0 Å². The smallest absolute Gasteiger partial charge is 0.0833 e. The van der Waals surface area contributed by atoms with Gasteiger partial charge in [-0.2, -0.15) is 5.10 Å². The Hall–Kier alpha value is -1.84. The van der Waals surface area contributed by atoms with Crippen LogP contribution in [0.4, 0.5) is 5.69 Å². The van der Waals surface area contributed by atoms with Gasteiger partial charge in [0.05, 0.1) is 29.0 Å². The quantitative estimate of drug-likeness (QED) is 0.837. The maximum absolute atomic E-state index is 6.04. The number of hydrogen-bond acceptors (Lipinski definition) is 3. The van der Waals surface area contributed by atoms with Crippen LogP contribution in [0.25, 0.3) is 5.69 Å². The van der Waals surface area contributed by atoms with Gasteiger partial charge >= 0.3 is 0 Å². The van der Waals surface area contributed by atoms with E-state index in [-0.39, 0.29) is 0 Å². The molecule has 0 radical (unpaired) electrons. The van der Waals surface area contributed by atoms with Crippen LogP contribution in [0.15, 0.2) is 24.5 Å². The zero-order valence-corrected chi connectivity index (χ0v) is 9.81. The van der Waals surface area contributed by atoms with Crippen molar-refractivity contribution in [2.24, 2.45) is 0 Å². The van der Waals surface area contributed by atoms with Gasteiger partial charge in [-0.25, -0.2) is 4.68 Å². The maximum atomic E-state index is 6.04. The molecule has 84 valence electrons. The Balaban J connectivity index is 2.62. The predicted molar refractivity (Wildman–Crippen MR) is 64.6 cm³/mol. The SMILES string of the molecule is Cc1nn(-c2cccnc2)c(C(C)C)c1N. The summed E-state index contributed by atoms with van der Waals surface area (Å²) in [6.07, 6.45) is 3.54. The number of hydrogen-bond donors (Lipinski definition) is 1. The van der Waals surface area contributed by atoms with Crippen molar-refractivity contribution in [3.63, 3.8) is 0 Å². The molecule has 0 saturated heterocycles. The molecule has 0 aliphatic carbocycles. The molecule has 0 aliphatic heterocycles. The maximum Gasteiger partial charge on any atom is 0.0833 e. The number of rotatable bonds is 2. The fourth-order valence-corrected chi connectivity index (χ4v) is 1.79. The molecule has 0 unspecified atom stereocenters. The molecule has 0 bridgehead atoms. The lowest BCUT2D eigenvalue weighted by atomic mass is 10.1. The topological polar surface area (TPSA) is 56.7 Å². The molecule has 2 N–H and O–H groups in total. The summed E-state index contributed by atoms with van der Waals surface area (Å²) in [5, 5.41) is 4.45. The van der Waals surface area contributed by atoms with Gasteiger partial charge in [-0.1, -0.05) is 13.8 Å². The second kappa shape index (κ2) is 3.96. The Morgan fingerprint density at radius 1 is 1.38 bits per heavy atom. The molecule has 0 fully saturated rings. The summed E-state index contributed by atoms with van der Waals surface area (Å²) in [6.45, 7) is 6.15. The highest BCUT2D eigenvalue weighted by atomic mass is 15.3. The van der Waals surface area contributed by atoms with E-state index in [4.69, 9.17) is 5.73 Å². The zero-order valence-electron chi connectivity index (χ0n) is 9.81. The monoisotopic (exact) mass is 216 g/mol. The minimum absolute atomic E-state index is 0.335. The van der Waals surface area contributed by atoms with Crippen LogP contribution in [-0.4, -0.2) is 14.8 Å². The summed E-state index contributed by atoms with van der Waals surface area (Å²) < 4.78 is 1.88. The predicted octanol–water partition coefficient (Wildman–Crippen LogP) is 2.28. The van der Waals surface area contributed by atoms with Crippen molar-refractivity contribution in [2.75, 3.05) is 5.73 Å². The molecular formula is C12H16N4. The highest BCUT2D eigenvalue weighted by Gasteiger charge is 2.16. The number of anilines is 1. The Morgan fingerprint density at radius 3 is 2.69 bits per heavy atom. The second-order valence-corrected chi connectivity index (χ2v) is 4.16. The molecule has 2 heterocycles. The van der Waals surface area contributed by atoms with Gasteiger partial charge in [-0.15, -0.1) is 0 Å². The van der Waals surface area contributed by atoms with Crippen molar-refractivity contribution < 1.29 is 0 Å². The molecule has 0 spiro atoms. The Labute approximate surface area is 95.1 Å². The Morgan fingerprint density at radius 2 is 2.12 bits per heavy atom. The van der Waals surface area contributed by atoms with Crippen molar-refractivity contribution in [3.05, 3.63) is 35.9 Å². The number of aromatic nitrogens is 3. The molecule has 2 aromatic rings. The molecule has 0 aromatic carbocycles. The molecule has 0 aliphatic rings. The first kappa shape index (κ1) is 10.7. The van der Waals surface area contributed by atoms with Gasteiger partial charge in [0.1, 0.15) is 0 Å². The number of nitrogens with zero attached hydrogens (tertiary/aromatic N) is 3. The van der Waals surface area contributed by atoms with Crippen molar-refractivity contribution in [1.82, 2.24) is 14.8 Å². The molecule has 0 saturated carbocycles. The van der Waals surface area contributed by atoms with Crippen LogP contribution in [0, 0.1) is 6.92 Å². The lowest BCUT2D eigenvalue weighted by Gasteiger charge is -2.10. The van der Waals surface area contributed by atoms with Gasteiger partial charge in [0.2, 0.25) is 0 Å². The van der Waals surface area contributed by atoms with Crippen LogP contribution < -0.4 is 5.73 Å². The molecule has 4 nitrogen and oxygen atoms in total. The number of aryl methyl sites for hydroxylation is 1. The summed E-state index contributed by atoms with van der Waals surface area (Å²) in [7, 11) is 0. The molecule has 2 rings (SSSR count). The number of pyridine rings is 1. The molecule has 0 atom stereocenters. The number of nitrogen functional groups attached to an aromatic ring is 1. The normalized spacial score (nSPS) is 11.0. The van der Waals surface area contributed by atoms with Gasteiger partial charge < -0.3 is 5.73 Å². The zero-order chi connectivity index (χ0) is 11.7. The molecule has 2 aromatic heterocycles. The van der Waals surface area contributed by atoms with Crippen molar-refractivity contribution in [1.29, 1.82) is 0 Å². The minimum Gasteiger partial charge on any atom is -0.396 e. The summed E-state index contributed by atoms with van der Waals surface area (Å²) in [4.78, 5) is 4.10. The summed E-state index contributed by atoms with van der Waals surface area (Å²) in [5.74, 6) is 0.335. The van der Waals surface area contributed by atoms with Crippen LogP contribution >= 0.6 is 0 Å². The first-order chi connectivity index (χ1) is 7.61. The average molecular weight is 216 g/mol. The van der Waals surface area contributed by atoms with Crippen LogP contribution in [0.5, 0.6) is 0 Å². The van der Waals surface area contributed by atoms with Crippen LogP contribution in [-0.2, 0) is 0 Å². The van der Waals surface area contributed by atoms with Crippen LogP contribution in [0.2, 0.25) is 0 Å². The summed E-state index contributed by atoms with van der Waals surface area (Å²) in [6, 6.07) is 3.87. The van der Waals surface area contributed by atoms with Crippen molar-refractivity contribution >= 4 is 5.69 Å². The summed E-state index contributed by atoms with van der Waals surface area (Å²) >= 11 is 0. The van der Waals surface area contributed by atoms with E-state index in [0.29, 0.717) is 5.92 Å². The number of nitrogens with two attached hydrogens (primary N) is 1. The van der Waals surface area contributed by atoms with Crippen LogP contribution in [0.1, 0.15) is 31.2 Å². The van der Waals surface area contributed by atoms with E-state index in [0.717, 1.165) is 22.8 Å². The van der Waals surface area contributed by atoms with E-state index in [9.17, 15) is 0 Å². The molecular weight excluding hydrogens is 200 g/mol. The van der Waals surface area contributed by atoms with E-state index < -0.39 is 0 Å². The standard InChI is InChI=1S/C12H16N4/c1-8(2)12-11(13)9(3)15-16(12)10-5-4-6-14-7-10/h4-8H,13H2,1-3H3. The molecule has 4 heteroatoms. The van der Waals surface area contributed by atoms with E-state index in [2.05, 4.69) is 23.9 Å². The minimum atomic E-state index is 0.335. The molecule has 0 amide bonds. The van der Waals surface area contributed by atoms with Crippen molar-refractivity contribution in [3.8, 4) is 5.69 Å². The van der Waals surface area contributed by atoms with E-state index in [1.54, 1.807) is 12.4 Å². The van der Waals surface area contributed by atoms with Gasteiger partial charge in [0, 0.05) is 6.20 Å². The van der Waals surface area contributed by atoms with Gasteiger partial charge in [-0.05, 0) is 25.0 Å². The first-order valence-electron chi connectivity index (χ1n) is 5.36. The summed E-state index contributed by atoms with van der Waals surface area (Å²) in [5.41, 5.74) is 9.68. The van der Waals surface area contributed by atoms with E-state index >= 15 is 0 Å². The lowest BCUT2D eigenvalue weighted by Crippen LogP contribution is -2.05.